The highest BCUT2D eigenvalue weighted by Crippen LogP contribution is 2.31. The molecule has 3 aromatic heterocycles. The van der Waals surface area contributed by atoms with Gasteiger partial charge in [0.15, 0.2) is 11.2 Å². The lowest BCUT2D eigenvalue weighted by Gasteiger charge is -2.24. The van der Waals surface area contributed by atoms with Crippen LogP contribution < -0.4 is 11.2 Å². The quantitative estimate of drug-likeness (QED) is 0.712. The van der Waals surface area contributed by atoms with Gasteiger partial charge in [-0.3, -0.25) is 23.1 Å². The summed E-state index contributed by atoms with van der Waals surface area (Å²) in [7, 11) is 1.59. The molecule has 8 nitrogen and oxygen atoms in total. The fraction of sp³-hybridized carbons (Fsp3) is 0.556. The summed E-state index contributed by atoms with van der Waals surface area (Å²) >= 11 is 0. The van der Waals surface area contributed by atoms with Crippen molar-refractivity contribution in [1.82, 2.24) is 23.1 Å². The molecule has 0 spiro atoms. The topological polar surface area (TPSA) is 83.3 Å². The van der Waals surface area contributed by atoms with Crippen LogP contribution in [0.4, 0.5) is 0 Å². The summed E-state index contributed by atoms with van der Waals surface area (Å²) in [5.74, 6) is 0.456. The summed E-state index contributed by atoms with van der Waals surface area (Å²) in [5, 5.41) is 0. The van der Waals surface area contributed by atoms with Crippen molar-refractivity contribution in [3.05, 3.63) is 32.7 Å². The summed E-state index contributed by atoms with van der Waals surface area (Å²) < 4.78 is 6.31. The van der Waals surface area contributed by atoms with Gasteiger partial charge in [0.05, 0.1) is 6.54 Å². The number of ketones is 1. The molecule has 0 N–H and O–H groups in total. The van der Waals surface area contributed by atoms with Crippen molar-refractivity contribution in [3.63, 3.8) is 0 Å². The van der Waals surface area contributed by atoms with Crippen LogP contribution in [0.15, 0.2) is 15.8 Å². The van der Waals surface area contributed by atoms with E-state index in [4.69, 9.17) is 0 Å². The first-order valence-corrected chi connectivity index (χ1v) is 9.09. The largest absolute Gasteiger partial charge is 0.332 e. The summed E-state index contributed by atoms with van der Waals surface area (Å²) in [5.41, 5.74) is 0.777. The first-order valence-electron chi connectivity index (χ1n) is 9.09. The van der Waals surface area contributed by atoms with Gasteiger partial charge < -0.3 is 4.57 Å². The third-order valence-electron chi connectivity index (χ3n) is 5.39. The Morgan fingerprint density at radius 2 is 1.92 bits per heavy atom. The van der Waals surface area contributed by atoms with Crippen LogP contribution in [0, 0.1) is 6.92 Å². The molecule has 26 heavy (non-hydrogen) atoms. The fourth-order valence-electron chi connectivity index (χ4n) is 4.18. The standard InChI is InChI=1S/C18H23N5O3/c1-11-9-21-14-15(19-17(21)23(11)13-7-5-4-6-8-13)20(3)18(26)22(16(14)25)10-12(2)24/h9,13H,4-8,10H2,1-3H3. The summed E-state index contributed by atoms with van der Waals surface area (Å²) in [6.45, 7) is 3.16. The van der Waals surface area contributed by atoms with E-state index in [9.17, 15) is 14.4 Å². The fourth-order valence-corrected chi connectivity index (χ4v) is 4.18. The maximum absolute atomic E-state index is 12.9. The number of hydrogen-bond acceptors (Lipinski definition) is 4. The number of imidazole rings is 2. The number of rotatable bonds is 3. The zero-order chi connectivity index (χ0) is 18.6. The number of Topliss-reactive ketones (excluding diaryl/α,β-unsaturated/α-hetero) is 1. The van der Waals surface area contributed by atoms with Gasteiger partial charge in [-0.05, 0) is 26.7 Å². The van der Waals surface area contributed by atoms with Crippen molar-refractivity contribution in [2.24, 2.45) is 7.05 Å². The molecule has 0 atom stereocenters. The van der Waals surface area contributed by atoms with Gasteiger partial charge in [-0.1, -0.05) is 19.3 Å². The van der Waals surface area contributed by atoms with Crippen molar-refractivity contribution in [2.45, 2.75) is 58.5 Å². The molecule has 1 aliphatic carbocycles. The van der Waals surface area contributed by atoms with Crippen LogP contribution in [-0.2, 0) is 18.4 Å². The Bertz CT molecular complexity index is 1140. The second kappa shape index (κ2) is 5.96. The minimum atomic E-state index is -0.514. The highest BCUT2D eigenvalue weighted by atomic mass is 16.2. The number of hydrogen-bond donors (Lipinski definition) is 0. The van der Waals surface area contributed by atoms with E-state index < -0.39 is 11.2 Å². The molecule has 138 valence electrons. The number of carbonyl (C=O) groups is 1. The van der Waals surface area contributed by atoms with E-state index in [-0.39, 0.29) is 12.3 Å². The third-order valence-corrected chi connectivity index (χ3v) is 5.39. The second-order valence-corrected chi connectivity index (χ2v) is 7.32. The van der Waals surface area contributed by atoms with E-state index in [1.807, 2.05) is 13.1 Å². The van der Waals surface area contributed by atoms with Crippen LogP contribution in [0.25, 0.3) is 16.9 Å². The van der Waals surface area contributed by atoms with Gasteiger partial charge in [-0.15, -0.1) is 0 Å². The molecule has 4 rings (SSSR count). The Morgan fingerprint density at radius 3 is 2.58 bits per heavy atom. The van der Waals surface area contributed by atoms with Crippen molar-refractivity contribution < 1.29 is 4.79 Å². The van der Waals surface area contributed by atoms with E-state index in [1.54, 1.807) is 11.4 Å². The van der Waals surface area contributed by atoms with Gasteiger partial charge in [0.2, 0.25) is 5.78 Å². The van der Waals surface area contributed by atoms with Crippen molar-refractivity contribution in [3.8, 4) is 0 Å². The molecule has 0 saturated heterocycles. The van der Waals surface area contributed by atoms with Crippen LogP contribution in [0.5, 0.6) is 0 Å². The Morgan fingerprint density at radius 1 is 1.23 bits per heavy atom. The zero-order valence-corrected chi connectivity index (χ0v) is 15.4. The van der Waals surface area contributed by atoms with Crippen molar-refractivity contribution in [1.29, 1.82) is 0 Å². The van der Waals surface area contributed by atoms with E-state index >= 15 is 0 Å². The van der Waals surface area contributed by atoms with E-state index in [1.165, 1.54) is 30.8 Å². The molecular weight excluding hydrogens is 334 g/mol. The first-order chi connectivity index (χ1) is 12.4. The Hall–Kier alpha value is -2.64. The lowest BCUT2D eigenvalue weighted by molar-refractivity contribution is -0.117. The third kappa shape index (κ3) is 2.35. The van der Waals surface area contributed by atoms with Gasteiger partial charge in [-0.25, -0.2) is 4.79 Å². The molecule has 3 aromatic rings. The predicted molar refractivity (Wildman–Crippen MR) is 97.7 cm³/mol. The highest BCUT2D eigenvalue weighted by molar-refractivity contribution is 5.78. The van der Waals surface area contributed by atoms with Crippen LogP contribution >= 0.6 is 0 Å². The van der Waals surface area contributed by atoms with Gasteiger partial charge in [-0.2, -0.15) is 4.98 Å². The molecule has 0 aromatic carbocycles. The number of aryl methyl sites for hydroxylation is 2. The summed E-state index contributed by atoms with van der Waals surface area (Å²) in [6, 6.07) is 0.370. The summed E-state index contributed by atoms with van der Waals surface area (Å²) in [6.07, 6.45) is 7.75. The molecule has 0 amide bonds. The van der Waals surface area contributed by atoms with E-state index in [0.717, 1.165) is 23.1 Å². The highest BCUT2D eigenvalue weighted by Gasteiger charge is 2.24. The average Bonchev–Trinajstić information content (AvgIpc) is 3.12. The molecule has 1 aliphatic rings. The monoisotopic (exact) mass is 357 g/mol. The molecule has 3 heterocycles. The Labute approximate surface area is 149 Å². The Kier molecular flexibility index (Phi) is 3.86. The van der Waals surface area contributed by atoms with Crippen LogP contribution in [0.1, 0.15) is 50.8 Å². The lowest BCUT2D eigenvalue weighted by Crippen LogP contribution is -2.40. The lowest BCUT2D eigenvalue weighted by atomic mass is 9.95. The van der Waals surface area contributed by atoms with Crippen LogP contribution in [-0.4, -0.2) is 28.9 Å². The molecule has 1 fully saturated rings. The maximum Gasteiger partial charge on any atom is 0.332 e. The molecule has 0 radical (unpaired) electrons. The Balaban J connectivity index is 2.04. The van der Waals surface area contributed by atoms with Crippen LogP contribution in [0.3, 0.4) is 0 Å². The van der Waals surface area contributed by atoms with Crippen LogP contribution in [0.2, 0.25) is 0 Å². The summed E-state index contributed by atoms with van der Waals surface area (Å²) in [4.78, 5) is 41.6. The van der Waals surface area contributed by atoms with Gasteiger partial charge in [0.25, 0.3) is 5.56 Å². The normalized spacial score (nSPS) is 16.0. The number of nitrogens with zero attached hydrogens (tertiary/aromatic N) is 5. The molecule has 1 saturated carbocycles. The van der Waals surface area contributed by atoms with Crippen molar-refractivity contribution in [2.75, 3.05) is 0 Å². The van der Waals surface area contributed by atoms with Gasteiger partial charge in [0.1, 0.15) is 5.78 Å². The second-order valence-electron chi connectivity index (χ2n) is 7.32. The predicted octanol–water partition coefficient (Wildman–Crippen LogP) is 1.55. The molecule has 0 aliphatic heterocycles. The van der Waals surface area contributed by atoms with Crippen molar-refractivity contribution >= 4 is 22.7 Å². The molecule has 0 bridgehead atoms. The maximum atomic E-state index is 12.9. The molecule has 8 heteroatoms. The van der Waals surface area contributed by atoms with Gasteiger partial charge in [0, 0.05) is 25.0 Å². The SMILES string of the molecule is CC(=O)Cn1c(=O)c2c(nc3n(C4CCCCC4)c(C)cn23)n(C)c1=O. The molecule has 0 unspecified atom stereocenters. The minimum absolute atomic E-state index is 0.225. The zero-order valence-electron chi connectivity index (χ0n) is 15.4. The van der Waals surface area contributed by atoms with Gasteiger partial charge >= 0.3 is 5.69 Å². The number of aromatic nitrogens is 5. The smallest absolute Gasteiger partial charge is 0.311 e. The first kappa shape index (κ1) is 16.8. The van der Waals surface area contributed by atoms with E-state index in [2.05, 4.69) is 9.55 Å². The minimum Gasteiger partial charge on any atom is -0.311 e. The van der Waals surface area contributed by atoms with E-state index in [0.29, 0.717) is 23.0 Å². The molecular formula is C18H23N5O3. The average molecular weight is 357 g/mol. The number of carbonyl (C=O) groups excluding carboxylic acids is 1. The number of fused-ring (bicyclic) bond motifs is 3.